The van der Waals surface area contributed by atoms with Crippen molar-refractivity contribution in [1.29, 1.82) is 0 Å². The zero-order valence-corrected chi connectivity index (χ0v) is 12.3. The summed E-state index contributed by atoms with van der Waals surface area (Å²) in [5.74, 6) is 1.08. The van der Waals surface area contributed by atoms with Gasteiger partial charge in [-0.2, -0.15) is 8.78 Å². The molecule has 0 aliphatic carbocycles. The van der Waals surface area contributed by atoms with Crippen LogP contribution in [0.1, 0.15) is 5.56 Å². The number of methoxy groups -OCH3 is 1. The van der Waals surface area contributed by atoms with E-state index in [0.717, 1.165) is 11.0 Å². The van der Waals surface area contributed by atoms with Crippen molar-refractivity contribution in [2.45, 2.75) is 13.2 Å². The van der Waals surface area contributed by atoms with E-state index < -0.39 is 6.61 Å². The largest absolute Gasteiger partial charge is 0.497 e. The number of aromatic nitrogens is 2. The molecule has 1 aromatic heterocycles. The quantitative estimate of drug-likeness (QED) is 0.726. The highest BCUT2D eigenvalue weighted by molar-refractivity contribution is 5.77. The maximum atomic E-state index is 12.5. The van der Waals surface area contributed by atoms with Crippen molar-refractivity contribution in [1.82, 2.24) is 9.97 Å². The van der Waals surface area contributed by atoms with Crippen molar-refractivity contribution in [2.75, 3.05) is 12.4 Å². The van der Waals surface area contributed by atoms with E-state index in [-0.39, 0.29) is 12.3 Å². The molecule has 2 aromatic carbocycles. The third-order valence-electron chi connectivity index (χ3n) is 3.33. The van der Waals surface area contributed by atoms with Gasteiger partial charge in [0.2, 0.25) is 5.95 Å². The van der Waals surface area contributed by atoms with Crippen LogP contribution in [0.5, 0.6) is 11.5 Å². The summed E-state index contributed by atoms with van der Waals surface area (Å²) in [6.07, 6.45) is 0. The van der Waals surface area contributed by atoms with Crippen LogP contribution in [0.15, 0.2) is 42.5 Å². The van der Waals surface area contributed by atoms with Crippen LogP contribution in [0, 0.1) is 0 Å². The maximum absolute atomic E-state index is 12.5. The highest BCUT2D eigenvalue weighted by Gasteiger charge is 2.12. The molecule has 3 rings (SSSR count). The molecule has 5 nitrogen and oxygen atoms in total. The standard InChI is InChI=1S/C16H15F2N3O2/c1-22-11-7-6-10(14(8-11)23-15(17)18)9-19-16-20-12-4-2-3-5-13(12)21-16/h2-8,15H,9H2,1H3,(H2,19,20,21). The van der Waals surface area contributed by atoms with Gasteiger partial charge in [0, 0.05) is 18.2 Å². The molecule has 0 aliphatic heterocycles. The highest BCUT2D eigenvalue weighted by atomic mass is 19.3. The van der Waals surface area contributed by atoms with Crippen LogP contribution in [0.25, 0.3) is 11.0 Å². The molecule has 23 heavy (non-hydrogen) atoms. The number of fused-ring (bicyclic) bond motifs is 1. The molecule has 120 valence electrons. The number of nitrogens with zero attached hydrogens (tertiary/aromatic N) is 1. The number of ether oxygens (including phenoxy) is 2. The maximum Gasteiger partial charge on any atom is 0.387 e. The van der Waals surface area contributed by atoms with Gasteiger partial charge in [0.05, 0.1) is 18.1 Å². The van der Waals surface area contributed by atoms with Gasteiger partial charge in [0.15, 0.2) is 0 Å². The lowest BCUT2D eigenvalue weighted by molar-refractivity contribution is -0.0504. The number of hydrogen-bond acceptors (Lipinski definition) is 4. The molecular formula is C16H15F2N3O2. The Kier molecular flexibility index (Phi) is 4.27. The number of alkyl halides is 2. The van der Waals surface area contributed by atoms with Gasteiger partial charge < -0.3 is 19.8 Å². The Morgan fingerprint density at radius 3 is 2.78 bits per heavy atom. The van der Waals surface area contributed by atoms with Crippen LogP contribution >= 0.6 is 0 Å². The summed E-state index contributed by atoms with van der Waals surface area (Å²) in [7, 11) is 1.47. The molecule has 0 radical (unpaired) electrons. The molecule has 0 spiro atoms. The van der Waals surface area contributed by atoms with E-state index >= 15 is 0 Å². The number of anilines is 1. The number of para-hydroxylation sites is 2. The molecule has 0 aliphatic rings. The van der Waals surface area contributed by atoms with Gasteiger partial charge in [-0.3, -0.25) is 0 Å². The van der Waals surface area contributed by atoms with Crippen molar-refractivity contribution in [2.24, 2.45) is 0 Å². The molecular weight excluding hydrogens is 304 g/mol. The van der Waals surface area contributed by atoms with Crippen molar-refractivity contribution < 1.29 is 18.3 Å². The molecule has 0 unspecified atom stereocenters. The van der Waals surface area contributed by atoms with Crippen LogP contribution in [0.2, 0.25) is 0 Å². The minimum absolute atomic E-state index is 0.0722. The van der Waals surface area contributed by atoms with Gasteiger partial charge in [-0.1, -0.05) is 12.1 Å². The second-order valence-corrected chi connectivity index (χ2v) is 4.81. The molecule has 1 heterocycles. The SMILES string of the molecule is COc1ccc(CNc2nc3ccccc3[nH]2)c(OC(F)F)c1. The van der Waals surface area contributed by atoms with Gasteiger partial charge >= 0.3 is 6.61 Å². The van der Waals surface area contributed by atoms with Crippen molar-refractivity contribution in [3.63, 3.8) is 0 Å². The van der Waals surface area contributed by atoms with E-state index in [1.54, 1.807) is 12.1 Å². The van der Waals surface area contributed by atoms with Gasteiger partial charge in [0.1, 0.15) is 11.5 Å². The number of rotatable bonds is 6. The zero-order chi connectivity index (χ0) is 16.2. The topological polar surface area (TPSA) is 59.2 Å². The first kappa shape index (κ1) is 15.1. The van der Waals surface area contributed by atoms with E-state index in [4.69, 9.17) is 4.74 Å². The minimum Gasteiger partial charge on any atom is -0.497 e. The fourth-order valence-corrected chi connectivity index (χ4v) is 2.23. The van der Waals surface area contributed by atoms with Gasteiger partial charge in [-0.05, 0) is 24.3 Å². The van der Waals surface area contributed by atoms with Gasteiger partial charge in [-0.15, -0.1) is 0 Å². The molecule has 0 saturated heterocycles. The van der Waals surface area contributed by atoms with Crippen molar-refractivity contribution in [3.05, 3.63) is 48.0 Å². The Balaban J connectivity index is 1.78. The third kappa shape index (κ3) is 3.50. The number of H-pyrrole nitrogens is 1. The Hall–Kier alpha value is -2.83. The van der Waals surface area contributed by atoms with E-state index in [1.165, 1.54) is 13.2 Å². The van der Waals surface area contributed by atoms with E-state index in [0.29, 0.717) is 17.3 Å². The number of imidazole rings is 1. The van der Waals surface area contributed by atoms with Crippen LogP contribution in [-0.2, 0) is 6.54 Å². The summed E-state index contributed by atoms with van der Waals surface area (Å²) in [6, 6.07) is 12.4. The fraction of sp³-hybridized carbons (Fsp3) is 0.188. The van der Waals surface area contributed by atoms with Crippen LogP contribution in [0.4, 0.5) is 14.7 Å². The summed E-state index contributed by atoms with van der Waals surface area (Å²) < 4.78 is 34.7. The highest BCUT2D eigenvalue weighted by Crippen LogP contribution is 2.27. The van der Waals surface area contributed by atoms with Crippen molar-refractivity contribution >= 4 is 17.0 Å². The Morgan fingerprint density at radius 1 is 1.22 bits per heavy atom. The van der Waals surface area contributed by atoms with Crippen LogP contribution in [-0.4, -0.2) is 23.7 Å². The molecule has 0 saturated carbocycles. The lowest BCUT2D eigenvalue weighted by atomic mass is 10.2. The second kappa shape index (κ2) is 6.51. The zero-order valence-electron chi connectivity index (χ0n) is 12.3. The number of hydrogen-bond donors (Lipinski definition) is 2. The molecule has 3 aromatic rings. The first-order chi connectivity index (χ1) is 11.2. The number of halogens is 2. The Bertz CT molecular complexity index is 772. The predicted octanol–water partition coefficient (Wildman–Crippen LogP) is 3.79. The summed E-state index contributed by atoms with van der Waals surface area (Å²) in [4.78, 5) is 7.48. The fourth-order valence-electron chi connectivity index (χ4n) is 2.23. The lowest BCUT2D eigenvalue weighted by Crippen LogP contribution is -2.08. The third-order valence-corrected chi connectivity index (χ3v) is 3.33. The van der Waals surface area contributed by atoms with E-state index in [2.05, 4.69) is 20.0 Å². The molecule has 0 fully saturated rings. The molecule has 7 heteroatoms. The molecule has 0 amide bonds. The number of benzene rings is 2. The summed E-state index contributed by atoms with van der Waals surface area (Å²) in [5, 5.41) is 3.07. The smallest absolute Gasteiger partial charge is 0.387 e. The number of aromatic amines is 1. The second-order valence-electron chi connectivity index (χ2n) is 4.81. The lowest BCUT2D eigenvalue weighted by Gasteiger charge is -2.12. The first-order valence-corrected chi connectivity index (χ1v) is 6.96. The Morgan fingerprint density at radius 2 is 2.04 bits per heavy atom. The number of nitrogens with one attached hydrogen (secondary N) is 2. The van der Waals surface area contributed by atoms with Crippen molar-refractivity contribution in [3.8, 4) is 11.5 Å². The minimum atomic E-state index is -2.90. The monoisotopic (exact) mass is 319 g/mol. The van der Waals surface area contributed by atoms with Crippen LogP contribution < -0.4 is 14.8 Å². The normalized spacial score (nSPS) is 11.0. The van der Waals surface area contributed by atoms with Crippen LogP contribution in [0.3, 0.4) is 0 Å². The van der Waals surface area contributed by atoms with Gasteiger partial charge in [-0.25, -0.2) is 4.98 Å². The summed E-state index contributed by atoms with van der Waals surface area (Å²) >= 11 is 0. The molecule has 2 N–H and O–H groups in total. The van der Waals surface area contributed by atoms with E-state index in [9.17, 15) is 8.78 Å². The van der Waals surface area contributed by atoms with E-state index in [1.807, 2.05) is 24.3 Å². The first-order valence-electron chi connectivity index (χ1n) is 6.96. The molecule has 0 bridgehead atoms. The summed E-state index contributed by atoms with van der Waals surface area (Å²) in [6.45, 7) is -2.61. The summed E-state index contributed by atoms with van der Waals surface area (Å²) in [5.41, 5.74) is 2.30. The van der Waals surface area contributed by atoms with Gasteiger partial charge in [0.25, 0.3) is 0 Å². The average molecular weight is 319 g/mol. The Labute approximate surface area is 131 Å². The predicted molar refractivity (Wildman–Crippen MR) is 83.0 cm³/mol. The molecule has 0 atom stereocenters. The average Bonchev–Trinajstić information content (AvgIpc) is 2.96.